The number of hydrogen-bond acceptors (Lipinski definition) is 4. The van der Waals surface area contributed by atoms with E-state index in [1.807, 2.05) is 29.2 Å². The van der Waals surface area contributed by atoms with Gasteiger partial charge in [0.15, 0.2) is 0 Å². The van der Waals surface area contributed by atoms with Crippen molar-refractivity contribution >= 4 is 29.3 Å². The van der Waals surface area contributed by atoms with E-state index in [1.165, 1.54) is 23.1 Å². The first kappa shape index (κ1) is 25.7. The van der Waals surface area contributed by atoms with Crippen molar-refractivity contribution in [3.63, 3.8) is 0 Å². The average Bonchev–Trinajstić information content (AvgIpc) is 3.10. The highest BCUT2D eigenvalue weighted by Gasteiger charge is 2.45. The number of benzene rings is 2. The molecule has 2 aliphatic rings. The van der Waals surface area contributed by atoms with E-state index in [1.54, 1.807) is 26.8 Å². The van der Waals surface area contributed by atoms with Crippen LogP contribution in [0.4, 0.5) is 20.6 Å². The molecule has 3 amide bonds. The number of nitrogens with zero attached hydrogens (tertiary/aromatic N) is 2. The molecule has 7 nitrogen and oxygen atoms in total. The third-order valence-electron chi connectivity index (χ3n) is 6.52. The minimum absolute atomic E-state index is 0.0223. The number of ether oxygens (including phenoxy) is 1. The Balaban J connectivity index is 1.63. The highest BCUT2D eigenvalue weighted by molar-refractivity contribution is 6.11. The molecule has 0 radical (unpaired) electrons. The number of amides is 3. The summed E-state index contributed by atoms with van der Waals surface area (Å²) in [6.45, 7) is 5.29. The zero-order chi connectivity index (χ0) is 25.9. The maximum Gasteiger partial charge on any atom is 0.407 e. The predicted molar refractivity (Wildman–Crippen MR) is 136 cm³/mol. The lowest BCUT2D eigenvalue weighted by molar-refractivity contribution is -0.124. The molecule has 36 heavy (non-hydrogen) atoms. The van der Waals surface area contributed by atoms with Crippen LogP contribution in [0.15, 0.2) is 48.5 Å². The van der Waals surface area contributed by atoms with Crippen LogP contribution < -0.4 is 15.1 Å². The standard InChI is InChI=1S/C28H34FN3O4/c1-28(2,3)36-27(35)30-17-16-24(33)32(21-13-9-10-19(29)18-21)25-22-14-7-8-15-23(22)31(26(25)34)20-11-5-4-6-12-20/h7-10,13-15,18,20,25H,4-6,11-12,16-17H2,1-3H3,(H,30,35). The number of halogens is 1. The van der Waals surface area contributed by atoms with Crippen LogP contribution in [-0.2, 0) is 14.3 Å². The highest BCUT2D eigenvalue weighted by Crippen LogP contribution is 2.44. The van der Waals surface area contributed by atoms with Gasteiger partial charge in [-0.2, -0.15) is 0 Å². The van der Waals surface area contributed by atoms with Gasteiger partial charge in [0.25, 0.3) is 5.91 Å². The van der Waals surface area contributed by atoms with Crippen molar-refractivity contribution in [2.24, 2.45) is 0 Å². The zero-order valence-electron chi connectivity index (χ0n) is 21.1. The van der Waals surface area contributed by atoms with Crippen LogP contribution in [0.25, 0.3) is 0 Å². The van der Waals surface area contributed by atoms with Gasteiger partial charge in [-0.1, -0.05) is 43.5 Å². The first-order valence-electron chi connectivity index (χ1n) is 12.6. The van der Waals surface area contributed by atoms with Gasteiger partial charge >= 0.3 is 6.09 Å². The molecule has 0 bridgehead atoms. The summed E-state index contributed by atoms with van der Waals surface area (Å²) >= 11 is 0. The molecular formula is C28H34FN3O4. The Kier molecular flexibility index (Phi) is 7.62. The minimum atomic E-state index is -0.904. The molecule has 0 saturated heterocycles. The van der Waals surface area contributed by atoms with E-state index in [2.05, 4.69) is 5.32 Å². The fourth-order valence-electron chi connectivity index (χ4n) is 5.06. The average molecular weight is 496 g/mol. The highest BCUT2D eigenvalue weighted by atomic mass is 19.1. The van der Waals surface area contributed by atoms with Gasteiger partial charge in [-0.3, -0.25) is 14.5 Å². The zero-order valence-corrected chi connectivity index (χ0v) is 21.1. The summed E-state index contributed by atoms with van der Waals surface area (Å²) in [4.78, 5) is 42.8. The monoisotopic (exact) mass is 495 g/mol. The maximum atomic E-state index is 14.2. The molecular weight excluding hydrogens is 461 g/mol. The number of nitrogens with one attached hydrogen (secondary N) is 1. The molecule has 2 aromatic rings. The molecule has 1 saturated carbocycles. The van der Waals surface area contributed by atoms with E-state index < -0.39 is 29.5 Å². The molecule has 8 heteroatoms. The van der Waals surface area contributed by atoms with Crippen LogP contribution >= 0.6 is 0 Å². The normalized spacial score (nSPS) is 18.1. The second-order valence-corrected chi connectivity index (χ2v) is 10.4. The van der Waals surface area contributed by atoms with Crippen molar-refractivity contribution in [3.05, 3.63) is 59.9 Å². The molecule has 192 valence electrons. The Bertz CT molecular complexity index is 1120. The van der Waals surface area contributed by atoms with E-state index in [0.717, 1.165) is 43.4 Å². The van der Waals surface area contributed by atoms with Crippen LogP contribution in [0.5, 0.6) is 0 Å². The van der Waals surface area contributed by atoms with Gasteiger partial charge in [0.2, 0.25) is 5.91 Å². The Morgan fingerprint density at radius 1 is 1.08 bits per heavy atom. The van der Waals surface area contributed by atoms with Gasteiger partial charge in [0, 0.05) is 35.9 Å². The lowest BCUT2D eigenvalue weighted by atomic mass is 9.94. The molecule has 1 unspecified atom stereocenters. The van der Waals surface area contributed by atoms with E-state index in [9.17, 15) is 18.8 Å². The fourth-order valence-corrected chi connectivity index (χ4v) is 5.06. The van der Waals surface area contributed by atoms with Crippen molar-refractivity contribution in [1.82, 2.24) is 5.32 Å². The first-order chi connectivity index (χ1) is 17.2. The number of fused-ring (bicyclic) bond motifs is 1. The number of para-hydroxylation sites is 1. The lowest BCUT2D eigenvalue weighted by Crippen LogP contribution is -2.46. The van der Waals surface area contributed by atoms with Crippen LogP contribution in [0.2, 0.25) is 0 Å². The van der Waals surface area contributed by atoms with E-state index in [-0.39, 0.29) is 24.9 Å². The maximum absolute atomic E-state index is 14.2. The molecule has 1 fully saturated rings. The summed E-state index contributed by atoms with van der Waals surface area (Å²) < 4.78 is 19.5. The molecule has 1 atom stereocenters. The van der Waals surface area contributed by atoms with Gasteiger partial charge in [-0.15, -0.1) is 0 Å². The molecule has 0 aromatic heterocycles. The molecule has 1 N–H and O–H groups in total. The smallest absolute Gasteiger partial charge is 0.407 e. The predicted octanol–water partition coefficient (Wildman–Crippen LogP) is 5.49. The summed E-state index contributed by atoms with van der Waals surface area (Å²) in [5.41, 5.74) is 1.17. The van der Waals surface area contributed by atoms with Gasteiger partial charge in [0.05, 0.1) is 0 Å². The molecule has 0 spiro atoms. The van der Waals surface area contributed by atoms with Gasteiger partial charge in [-0.05, 0) is 57.9 Å². The van der Waals surface area contributed by atoms with Crippen molar-refractivity contribution in [2.45, 2.75) is 77.0 Å². The SMILES string of the molecule is CC(C)(C)OC(=O)NCCC(=O)N(c1cccc(F)c1)C1C(=O)N(C2CCCCC2)c2ccccc21. The summed E-state index contributed by atoms with van der Waals surface area (Å²) in [5, 5.41) is 2.59. The molecule has 1 aliphatic carbocycles. The molecule has 1 aliphatic heterocycles. The Labute approximate surface area is 211 Å². The lowest BCUT2D eigenvalue weighted by Gasteiger charge is -2.33. The number of carbonyl (C=O) groups excluding carboxylic acids is 3. The number of hydrogen-bond donors (Lipinski definition) is 1. The van der Waals surface area contributed by atoms with Crippen LogP contribution in [0.3, 0.4) is 0 Å². The van der Waals surface area contributed by atoms with Gasteiger partial charge in [0.1, 0.15) is 17.5 Å². The van der Waals surface area contributed by atoms with E-state index in [0.29, 0.717) is 5.69 Å². The van der Waals surface area contributed by atoms with Crippen molar-refractivity contribution in [1.29, 1.82) is 0 Å². The number of carbonyl (C=O) groups is 3. The quantitative estimate of drug-likeness (QED) is 0.574. The minimum Gasteiger partial charge on any atom is -0.444 e. The summed E-state index contributed by atoms with van der Waals surface area (Å²) in [7, 11) is 0. The van der Waals surface area contributed by atoms with E-state index >= 15 is 0 Å². The largest absolute Gasteiger partial charge is 0.444 e. The second-order valence-electron chi connectivity index (χ2n) is 10.4. The summed E-state index contributed by atoms with van der Waals surface area (Å²) in [5.74, 6) is -1.07. The summed E-state index contributed by atoms with van der Waals surface area (Å²) in [6.07, 6.45) is 4.40. The first-order valence-corrected chi connectivity index (χ1v) is 12.6. The van der Waals surface area contributed by atoms with Crippen LogP contribution in [0, 0.1) is 5.82 Å². The van der Waals surface area contributed by atoms with Gasteiger partial charge in [-0.25, -0.2) is 9.18 Å². The van der Waals surface area contributed by atoms with E-state index in [4.69, 9.17) is 4.74 Å². The number of anilines is 2. The van der Waals surface area contributed by atoms with Gasteiger partial charge < -0.3 is 15.0 Å². The van der Waals surface area contributed by atoms with Crippen molar-refractivity contribution in [3.8, 4) is 0 Å². The van der Waals surface area contributed by atoms with Crippen LogP contribution in [-0.4, -0.2) is 36.1 Å². The topological polar surface area (TPSA) is 79.0 Å². The second kappa shape index (κ2) is 10.7. The summed E-state index contributed by atoms with van der Waals surface area (Å²) in [6, 6.07) is 12.4. The Hall–Kier alpha value is -3.42. The number of rotatable bonds is 6. The van der Waals surface area contributed by atoms with Crippen molar-refractivity contribution < 1.29 is 23.5 Å². The third kappa shape index (κ3) is 5.69. The molecule has 2 aromatic carbocycles. The fraction of sp³-hybridized carbons (Fsp3) is 0.464. The third-order valence-corrected chi connectivity index (χ3v) is 6.52. The number of alkyl carbamates (subject to hydrolysis) is 1. The molecule has 4 rings (SSSR count). The Morgan fingerprint density at radius 2 is 1.81 bits per heavy atom. The van der Waals surface area contributed by atoms with Crippen LogP contribution in [0.1, 0.15) is 70.9 Å². The molecule has 1 heterocycles. The van der Waals surface area contributed by atoms with Crippen molar-refractivity contribution in [2.75, 3.05) is 16.3 Å². The Morgan fingerprint density at radius 3 is 2.50 bits per heavy atom.